The second-order valence-electron chi connectivity index (χ2n) is 4.72. The van der Waals surface area contributed by atoms with E-state index in [1.54, 1.807) is 0 Å². The van der Waals surface area contributed by atoms with E-state index in [0.717, 1.165) is 4.43 Å². The largest absolute Gasteiger partial charge is 0.460 e. The summed E-state index contributed by atoms with van der Waals surface area (Å²) in [6, 6.07) is 0. The van der Waals surface area contributed by atoms with Crippen molar-refractivity contribution >= 4 is 29.7 Å². The van der Waals surface area contributed by atoms with Crippen LogP contribution in [-0.2, 0) is 9.31 Å². The summed E-state index contributed by atoms with van der Waals surface area (Å²) in [7, 11) is -0.0465. The second-order valence-corrected chi connectivity index (χ2v) is 5.49. The Hall–Kier alpha value is 0.715. The molecule has 0 spiro atoms. The Bertz CT molecular complexity index is 196. The maximum atomic E-state index is 5.95. The summed E-state index contributed by atoms with van der Waals surface area (Å²) in [5, 5.41) is 0. The average Bonchev–Trinajstić information content (AvgIpc) is 2.24. The van der Waals surface area contributed by atoms with Gasteiger partial charge in [-0.25, -0.2) is 0 Å². The Morgan fingerprint density at radius 2 is 1.77 bits per heavy atom. The van der Waals surface area contributed by atoms with Gasteiger partial charge in [-0.3, -0.25) is 0 Å². The van der Waals surface area contributed by atoms with Crippen molar-refractivity contribution in [3.8, 4) is 0 Å². The van der Waals surface area contributed by atoms with Gasteiger partial charge < -0.3 is 9.31 Å². The highest BCUT2D eigenvalue weighted by atomic mass is 127. The van der Waals surface area contributed by atoms with Gasteiger partial charge in [-0.2, -0.15) is 0 Å². The Labute approximate surface area is 95.0 Å². The molecule has 1 aliphatic heterocycles. The van der Waals surface area contributed by atoms with Crippen LogP contribution in [0.25, 0.3) is 0 Å². The molecule has 13 heavy (non-hydrogen) atoms. The van der Waals surface area contributed by atoms with Crippen LogP contribution in [0.1, 0.15) is 34.6 Å². The molecule has 1 aliphatic rings. The summed E-state index contributed by atoms with van der Waals surface area (Å²) >= 11 is 2.36. The number of rotatable bonds is 2. The fourth-order valence-corrected chi connectivity index (χ4v) is 2.40. The fourth-order valence-electron chi connectivity index (χ4n) is 1.30. The summed E-state index contributed by atoms with van der Waals surface area (Å²) in [5.74, 6) is 0.420. The Morgan fingerprint density at radius 3 is 2.00 bits per heavy atom. The molecule has 0 aromatic carbocycles. The third kappa shape index (κ3) is 2.05. The summed E-state index contributed by atoms with van der Waals surface area (Å²) in [6.45, 7) is 10.6. The first-order valence-electron chi connectivity index (χ1n) is 4.74. The van der Waals surface area contributed by atoms with E-state index in [1.807, 2.05) is 0 Å². The molecule has 0 amide bonds. The zero-order valence-corrected chi connectivity index (χ0v) is 11.2. The molecule has 2 nitrogen and oxygen atoms in total. The van der Waals surface area contributed by atoms with E-state index in [1.165, 1.54) is 0 Å². The zero-order valence-electron chi connectivity index (χ0n) is 9.06. The van der Waals surface area contributed by atoms with Gasteiger partial charge in [0.25, 0.3) is 0 Å². The van der Waals surface area contributed by atoms with Crippen LogP contribution < -0.4 is 0 Å². The predicted octanol–water partition coefficient (Wildman–Crippen LogP) is 2.90. The molecule has 0 N–H and O–H groups in total. The lowest BCUT2D eigenvalue weighted by molar-refractivity contribution is 0.0119. The fraction of sp³-hybridized carbons (Fsp3) is 1.00. The first-order chi connectivity index (χ1) is 5.82. The monoisotopic (exact) mass is 296 g/mol. The van der Waals surface area contributed by atoms with Crippen molar-refractivity contribution in [2.45, 2.75) is 51.6 Å². The lowest BCUT2D eigenvalue weighted by Gasteiger charge is -2.34. The van der Waals surface area contributed by atoms with E-state index in [0.29, 0.717) is 5.82 Å². The average molecular weight is 296 g/mol. The highest BCUT2D eigenvalue weighted by Crippen LogP contribution is 2.41. The van der Waals surface area contributed by atoms with Crippen LogP contribution in [0.3, 0.4) is 0 Å². The first-order valence-corrected chi connectivity index (χ1v) is 6.26. The number of hydrogen-bond acceptors (Lipinski definition) is 2. The molecular weight excluding hydrogens is 278 g/mol. The van der Waals surface area contributed by atoms with Gasteiger partial charge in [-0.1, -0.05) is 36.4 Å². The molecule has 0 saturated carbocycles. The minimum Gasteiger partial charge on any atom is -0.403 e. The smallest absolute Gasteiger partial charge is 0.403 e. The van der Waals surface area contributed by atoms with E-state index in [9.17, 15) is 0 Å². The summed E-state index contributed by atoms with van der Waals surface area (Å²) in [4.78, 5) is 0. The summed E-state index contributed by atoms with van der Waals surface area (Å²) in [5.41, 5.74) is -0.328. The molecule has 0 bridgehead atoms. The van der Waals surface area contributed by atoms with Crippen molar-refractivity contribution in [2.24, 2.45) is 0 Å². The van der Waals surface area contributed by atoms with Crippen LogP contribution in [0.2, 0.25) is 5.82 Å². The van der Waals surface area contributed by atoms with Gasteiger partial charge in [0.1, 0.15) is 0 Å². The minimum atomic E-state index is -0.177. The molecular formula is C9H18BIO2. The number of hydrogen-bond donors (Lipinski definition) is 0. The molecule has 1 heterocycles. The van der Waals surface area contributed by atoms with Crippen molar-refractivity contribution in [1.29, 1.82) is 0 Å². The Kier molecular flexibility index (Phi) is 3.36. The van der Waals surface area contributed by atoms with E-state index in [2.05, 4.69) is 57.2 Å². The lowest BCUT2D eigenvalue weighted by atomic mass is 9.75. The van der Waals surface area contributed by atoms with Gasteiger partial charge >= 0.3 is 7.12 Å². The van der Waals surface area contributed by atoms with Gasteiger partial charge in [-0.15, -0.1) is 0 Å². The first kappa shape index (κ1) is 11.8. The van der Waals surface area contributed by atoms with Gasteiger partial charge in [0.05, 0.1) is 11.2 Å². The van der Waals surface area contributed by atoms with Gasteiger partial charge in [0, 0.05) is 4.43 Å². The molecule has 76 valence electrons. The second kappa shape index (κ2) is 3.70. The van der Waals surface area contributed by atoms with Crippen molar-refractivity contribution in [3.05, 3.63) is 0 Å². The van der Waals surface area contributed by atoms with Crippen LogP contribution in [0.15, 0.2) is 0 Å². The lowest BCUT2D eigenvalue weighted by Crippen LogP contribution is -2.46. The molecule has 0 aromatic heterocycles. The van der Waals surface area contributed by atoms with Gasteiger partial charge in [-0.05, 0) is 26.6 Å². The van der Waals surface area contributed by atoms with Crippen LogP contribution in [0, 0.1) is 0 Å². The quantitative estimate of drug-likeness (QED) is 0.443. The van der Waals surface area contributed by atoms with Crippen LogP contribution >= 0.6 is 22.6 Å². The van der Waals surface area contributed by atoms with Crippen LogP contribution in [0.5, 0.6) is 0 Å². The maximum Gasteiger partial charge on any atom is 0.460 e. The molecule has 1 fully saturated rings. The van der Waals surface area contributed by atoms with Crippen molar-refractivity contribution in [3.63, 3.8) is 0 Å². The third-order valence-electron chi connectivity index (χ3n) is 2.86. The normalized spacial score (nSPS) is 33.0. The number of alkyl halides is 1. The molecule has 4 heteroatoms. The zero-order chi connectivity index (χ0) is 10.3. The Morgan fingerprint density at radius 1 is 1.23 bits per heavy atom. The molecule has 0 radical (unpaired) electrons. The number of halogens is 1. The van der Waals surface area contributed by atoms with Crippen LogP contribution in [-0.4, -0.2) is 22.7 Å². The Balaban J connectivity index is 2.79. The van der Waals surface area contributed by atoms with Crippen molar-refractivity contribution < 1.29 is 9.31 Å². The topological polar surface area (TPSA) is 18.5 Å². The molecule has 1 rings (SSSR count). The van der Waals surface area contributed by atoms with Gasteiger partial charge in [0.15, 0.2) is 0 Å². The SMILES string of the molecule is CC(C)B1OC(C)(C)C(C)(CI)O1. The molecule has 1 atom stereocenters. The standard InChI is InChI=1S/C9H18BIO2/c1-7(2)10-12-8(3,4)9(5,6-11)13-10/h7H,6H2,1-5H3. The van der Waals surface area contributed by atoms with E-state index >= 15 is 0 Å². The maximum absolute atomic E-state index is 5.95. The van der Waals surface area contributed by atoms with E-state index in [-0.39, 0.29) is 18.3 Å². The molecule has 1 saturated heterocycles. The van der Waals surface area contributed by atoms with Crippen molar-refractivity contribution in [1.82, 2.24) is 0 Å². The highest BCUT2D eigenvalue weighted by molar-refractivity contribution is 14.1. The molecule has 1 unspecified atom stereocenters. The molecule has 0 aliphatic carbocycles. The van der Waals surface area contributed by atoms with E-state index < -0.39 is 0 Å². The van der Waals surface area contributed by atoms with Gasteiger partial charge in [0.2, 0.25) is 0 Å². The van der Waals surface area contributed by atoms with Crippen LogP contribution in [0.4, 0.5) is 0 Å². The summed E-state index contributed by atoms with van der Waals surface area (Å²) < 4.78 is 12.8. The summed E-state index contributed by atoms with van der Waals surface area (Å²) in [6.07, 6.45) is 0. The molecule has 0 aromatic rings. The predicted molar refractivity (Wildman–Crippen MR) is 64.4 cm³/mol. The van der Waals surface area contributed by atoms with E-state index in [4.69, 9.17) is 9.31 Å². The van der Waals surface area contributed by atoms with Crippen molar-refractivity contribution in [2.75, 3.05) is 4.43 Å². The third-order valence-corrected chi connectivity index (χ3v) is 4.32. The minimum absolute atomic E-state index is 0.0465. The highest BCUT2D eigenvalue weighted by Gasteiger charge is 2.54.